The summed E-state index contributed by atoms with van der Waals surface area (Å²) in [7, 11) is 3.08. The Balaban J connectivity index is 1.70. The maximum absolute atomic E-state index is 13.0. The van der Waals surface area contributed by atoms with Crippen LogP contribution in [-0.2, 0) is 18.4 Å². The van der Waals surface area contributed by atoms with Crippen molar-refractivity contribution in [1.29, 1.82) is 0 Å². The molecule has 0 bridgehead atoms. The number of benzene rings is 1. The number of carbonyl (C=O) groups excluding carboxylic acids is 2. The molecule has 2 aromatic heterocycles. The van der Waals surface area contributed by atoms with Gasteiger partial charge in [0.2, 0.25) is 11.1 Å². The van der Waals surface area contributed by atoms with E-state index in [0.29, 0.717) is 23.8 Å². The molecule has 1 aromatic carbocycles. The van der Waals surface area contributed by atoms with Gasteiger partial charge in [-0.3, -0.25) is 23.9 Å². The molecule has 0 aliphatic rings. The number of tetrazole rings is 1. The molecule has 0 atom stereocenters. The third kappa shape index (κ3) is 5.51. The van der Waals surface area contributed by atoms with Gasteiger partial charge in [0.05, 0.1) is 5.75 Å². The molecule has 3 aromatic rings. The van der Waals surface area contributed by atoms with Crippen LogP contribution in [-0.4, -0.2) is 54.4 Å². The molecule has 13 nitrogen and oxygen atoms in total. The van der Waals surface area contributed by atoms with Crippen molar-refractivity contribution in [3.63, 3.8) is 0 Å². The number of nitrogens with zero attached hydrogens (tertiary/aromatic N) is 6. The second kappa shape index (κ2) is 10.8. The van der Waals surface area contributed by atoms with Gasteiger partial charge in [0, 0.05) is 31.9 Å². The second-order valence-corrected chi connectivity index (χ2v) is 8.30. The number of aromatic nitrogens is 6. The summed E-state index contributed by atoms with van der Waals surface area (Å²) in [5, 5.41) is 14.2. The van der Waals surface area contributed by atoms with Crippen molar-refractivity contribution in [1.82, 2.24) is 29.8 Å². The lowest BCUT2D eigenvalue weighted by molar-refractivity contribution is -0.113. The fourth-order valence-corrected chi connectivity index (χ4v) is 3.75. The highest BCUT2D eigenvalue weighted by atomic mass is 32.2. The van der Waals surface area contributed by atoms with E-state index in [-0.39, 0.29) is 28.7 Å². The van der Waals surface area contributed by atoms with Gasteiger partial charge in [0.15, 0.2) is 5.69 Å². The van der Waals surface area contributed by atoms with Gasteiger partial charge in [-0.05, 0) is 41.1 Å². The van der Waals surface area contributed by atoms with E-state index in [0.717, 1.165) is 11.3 Å². The zero-order valence-electron chi connectivity index (χ0n) is 18.9. The molecule has 0 saturated carbocycles. The number of hydrogen-bond donors (Lipinski definition) is 3. The van der Waals surface area contributed by atoms with Crippen LogP contribution in [0.25, 0.3) is 0 Å². The number of thioether (sulfide) groups is 1. The first-order chi connectivity index (χ1) is 16.2. The number of unbranched alkanes of at least 4 members (excludes halogenated alkanes) is 1. The van der Waals surface area contributed by atoms with Crippen molar-refractivity contribution in [2.45, 2.75) is 31.5 Å². The first kappa shape index (κ1) is 24.7. The average Bonchev–Trinajstić information content (AvgIpc) is 3.22. The minimum absolute atomic E-state index is 0.0717. The summed E-state index contributed by atoms with van der Waals surface area (Å²) in [6.45, 7) is 2.29. The van der Waals surface area contributed by atoms with Crippen LogP contribution in [0.3, 0.4) is 0 Å². The number of nitrogens with two attached hydrogens (primary N) is 1. The van der Waals surface area contributed by atoms with E-state index in [1.54, 1.807) is 19.2 Å². The van der Waals surface area contributed by atoms with Gasteiger partial charge in [-0.15, -0.1) is 5.10 Å². The quantitative estimate of drug-likeness (QED) is 0.362. The molecule has 14 heteroatoms. The minimum Gasteiger partial charge on any atom is -0.383 e. The predicted molar refractivity (Wildman–Crippen MR) is 128 cm³/mol. The van der Waals surface area contributed by atoms with Crippen LogP contribution in [0.15, 0.2) is 39.0 Å². The summed E-state index contributed by atoms with van der Waals surface area (Å²) in [4.78, 5) is 53.0. The number of rotatable bonds is 9. The molecule has 0 saturated heterocycles. The molecule has 0 fully saturated rings. The fraction of sp³-hybridized carbons (Fsp3) is 0.350. The van der Waals surface area contributed by atoms with Gasteiger partial charge in [-0.1, -0.05) is 25.1 Å². The Kier molecular flexibility index (Phi) is 7.83. The maximum atomic E-state index is 13.0. The molecular formula is C20H25N9O4S. The average molecular weight is 488 g/mol. The van der Waals surface area contributed by atoms with Crippen LogP contribution in [0, 0.1) is 0 Å². The number of nitrogen functional groups attached to an aromatic ring is 1. The van der Waals surface area contributed by atoms with Gasteiger partial charge in [-0.25, -0.2) is 9.48 Å². The highest BCUT2D eigenvalue weighted by Crippen LogP contribution is 2.19. The smallest absolute Gasteiger partial charge is 0.330 e. The summed E-state index contributed by atoms with van der Waals surface area (Å²) in [5.74, 6) is -0.732. The lowest BCUT2D eigenvalue weighted by atomic mass is 10.1. The third-order valence-corrected chi connectivity index (χ3v) is 5.93. The van der Waals surface area contributed by atoms with Gasteiger partial charge in [0.25, 0.3) is 11.5 Å². The molecule has 0 aliphatic heterocycles. The summed E-state index contributed by atoms with van der Waals surface area (Å²) in [6.07, 6.45) is 1.52. The standard InChI is InChI=1S/C20H25N9O4S/c1-4-5-10-29-16(21)15(17(31)23-19(29)33)27(2)18(32)12-6-8-13(9-7-12)22-14(30)11-34-20-24-25-26-28(20)3/h6-9H,4-5,10-11,21H2,1-3H3,(H,22,30)(H,23,31,33). The van der Waals surface area contributed by atoms with E-state index in [9.17, 15) is 19.2 Å². The maximum Gasteiger partial charge on any atom is 0.330 e. The van der Waals surface area contributed by atoms with E-state index < -0.39 is 17.2 Å². The fourth-order valence-electron chi connectivity index (χ4n) is 3.10. The van der Waals surface area contributed by atoms with E-state index in [2.05, 4.69) is 25.8 Å². The number of nitrogens with one attached hydrogen (secondary N) is 2. The Morgan fingerprint density at radius 1 is 1.24 bits per heavy atom. The largest absolute Gasteiger partial charge is 0.383 e. The zero-order chi connectivity index (χ0) is 24.8. The van der Waals surface area contributed by atoms with Crippen molar-refractivity contribution in [2.24, 2.45) is 7.05 Å². The van der Waals surface area contributed by atoms with Gasteiger partial charge in [-0.2, -0.15) is 0 Å². The lowest BCUT2D eigenvalue weighted by Gasteiger charge is -2.20. The summed E-state index contributed by atoms with van der Waals surface area (Å²) < 4.78 is 2.71. The van der Waals surface area contributed by atoms with E-state index in [4.69, 9.17) is 5.73 Å². The van der Waals surface area contributed by atoms with Crippen LogP contribution < -0.4 is 27.2 Å². The molecule has 2 heterocycles. The van der Waals surface area contributed by atoms with Gasteiger partial charge in [0.1, 0.15) is 5.82 Å². The van der Waals surface area contributed by atoms with E-state index in [1.807, 2.05) is 6.92 Å². The Morgan fingerprint density at radius 2 is 1.94 bits per heavy atom. The molecule has 180 valence electrons. The molecule has 0 unspecified atom stereocenters. The number of amides is 2. The van der Waals surface area contributed by atoms with Gasteiger partial charge < -0.3 is 16.0 Å². The molecule has 0 spiro atoms. The van der Waals surface area contributed by atoms with Crippen molar-refractivity contribution < 1.29 is 9.59 Å². The topological polar surface area (TPSA) is 174 Å². The SMILES string of the molecule is CCCCn1c(N)c(N(C)C(=O)c2ccc(NC(=O)CSc3nnnn3C)cc2)c(=O)[nH]c1=O. The predicted octanol–water partition coefficient (Wildman–Crippen LogP) is 0.450. The second-order valence-electron chi connectivity index (χ2n) is 7.36. The van der Waals surface area contributed by atoms with Gasteiger partial charge >= 0.3 is 5.69 Å². The van der Waals surface area contributed by atoms with Crippen LogP contribution in [0.5, 0.6) is 0 Å². The van der Waals surface area contributed by atoms with E-state index >= 15 is 0 Å². The number of hydrogen-bond acceptors (Lipinski definition) is 9. The molecule has 4 N–H and O–H groups in total. The van der Waals surface area contributed by atoms with Crippen molar-refractivity contribution >= 4 is 40.8 Å². The minimum atomic E-state index is -0.745. The summed E-state index contributed by atoms with van der Waals surface area (Å²) in [6, 6.07) is 6.18. The number of carbonyl (C=O) groups is 2. The molecule has 3 rings (SSSR count). The van der Waals surface area contributed by atoms with Crippen molar-refractivity contribution in [3.05, 3.63) is 50.7 Å². The Morgan fingerprint density at radius 3 is 2.56 bits per heavy atom. The normalized spacial score (nSPS) is 10.8. The number of anilines is 3. The molecule has 34 heavy (non-hydrogen) atoms. The Bertz CT molecular complexity index is 1300. The Hall–Kier alpha value is -3.94. The molecule has 0 aliphatic carbocycles. The molecule has 0 radical (unpaired) electrons. The zero-order valence-corrected chi connectivity index (χ0v) is 19.8. The molecule has 2 amide bonds. The highest BCUT2D eigenvalue weighted by Gasteiger charge is 2.22. The number of aromatic amines is 1. The van der Waals surface area contributed by atoms with Crippen LogP contribution in [0.1, 0.15) is 30.1 Å². The Labute approximate surface area is 198 Å². The number of H-pyrrole nitrogens is 1. The van der Waals surface area contributed by atoms with E-state index in [1.165, 1.54) is 40.2 Å². The summed E-state index contributed by atoms with van der Waals surface area (Å²) >= 11 is 1.19. The first-order valence-electron chi connectivity index (χ1n) is 10.4. The monoisotopic (exact) mass is 487 g/mol. The lowest BCUT2D eigenvalue weighted by Crippen LogP contribution is -2.39. The number of aryl methyl sites for hydroxylation is 1. The summed E-state index contributed by atoms with van der Waals surface area (Å²) in [5.41, 5.74) is 5.38. The van der Waals surface area contributed by atoms with Crippen LogP contribution in [0.2, 0.25) is 0 Å². The van der Waals surface area contributed by atoms with Crippen LogP contribution >= 0.6 is 11.8 Å². The van der Waals surface area contributed by atoms with Crippen molar-refractivity contribution in [2.75, 3.05) is 28.8 Å². The first-order valence-corrected chi connectivity index (χ1v) is 11.4. The van der Waals surface area contributed by atoms with Crippen LogP contribution in [0.4, 0.5) is 17.2 Å². The third-order valence-electron chi connectivity index (χ3n) is 4.92. The van der Waals surface area contributed by atoms with Crippen molar-refractivity contribution in [3.8, 4) is 0 Å². The molecular weight excluding hydrogens is 462 g/mol. The highest BCUT2D eigenvalue weighted by molar-refractivity contribution is 7.99.